The maximum Gasteiger partial charge on any atom is 0.156 e. The maximum absolute atomic E-state index is 11.5. The maximum atomic E-state index is 11.5. The molecule has 0 unspecified atom stereocenters. The molecule has 3 nitrogen and oxygen atoms in total. The van der Waals surface area contributed by atoms with E-state index < -0.39 is 0 Å². The number of rotatable bonds is 3. The van der Waals surface area contributed by atoms with E-state index in [1.54, 1.807) is 4.68 Å². The third-order valence-electron chi connectivity index (χ3n) is 2.24. The van der Waals surface area contributed by atoms with Gasteiger partial charge < -0.3 is 0 Å². The molecule has 0 saturated carbocycles. The Morgan fingerprint density at radius 3 is 2.43 bits per heavy atom. The molecule has 0 aliphatic rings. The Balaban J connectivity index is 2.88. The predicted molar refractivity (Wildman–Crippen MR) is 56.6 cm³/mol. The summed E-state index contributed by atoms with van der Waals surface area (Å²) in [6.45, 7) is 7.80. The van der Waals surface area contributed by atoms with Gasteiger partial charge in [0, 0.05) is 5.92 Å². The van der Waals surface area contributed by atoms with E-state index in [-0.39, 0.29) is 11.7 Å². The average Bonchev–Trinajstić information content (AvgIpc) is 2.33. The van der Waals surface area contributed by atoms with E-state index in [1.165, 1.54) is 0 Å². The van der Waals surface area contributed by atoms with Crippen LogP contribution in [0.25, 0.3) is 0 Å². The molecule has 0 bridgehead atoms. The van der Waals surface area contributed by atoms with Gasteiger partial charge in [-0.3, -0.25) is 9.48 Å². The number of hydrogen-bond acceptors (Lipinski definition) is 2. The first-order chi connectivity index (χ1) is 6.43. The van der Waals surface area contributed by atoms with Crippen molar-refractivity contribution in [1.29, 1.82) is 0 Å². The van der Waals surface area contributed by atoms with Crippen LogP contribution in [0, 0.1) is 19.8 Å². The van der Waals surface area contributed by atoms with Gasteiger partial charge >= 0.3 is 0 Å². The highest BCUT2D eigenvalue weighted by molar-refractivity contribution is 6.31. The van der Waals surface area contributed by atoms with Gasteiger partial charge in [0.1, 0.15) is 6.54 Å². The molecule has 0 fully saturated rings. The molecule has 1 rings (SSSR count). The molecule has 78 valence electrons. The summed E-state index contributed by atoms with van der Waals surface area (Å²) < 4.78 is 1.67. The first kappa shape index (κ1) is 11.2. The number of aromatic nitrogens is 2. The molecule has 0 N–H and O–H groups in total. The number of carbonyl (C=O) groups excluding carboxylic acids is 1. The molecule has 0 radical (unpaired) electrons. The quantitative estimate of drug-likeness (QED) is 0.775. The van der Waals surface area contributed by atoms with Crippen molar-refractivity contribution in [3.05, 3.63) is 16.4 Å². The Kier molecular flexibility index (Phi) is 3.32. The number of aryl methyl sites for hydroxylation is 1. The third-order valence-corrected chi connectivity index (χ3v) is 2.79. The molecule has 0 aliphatic heterocycles. The fraction of sp³-hybridized carbons (Fsp3) is 0.600. The fourth-order valence-electron chi connectivity index (χ4n) is 1.16. The van der Waals surface area contributed by atoms with Crippen molar-refractivity contribution in [2.24, 2.45) is 5.92 Å². The van der Waals surface area contributed by atoms with Crippen LogP contribution in [0.3, 0.4) is 0 Å². The van der Waals surface area contributed by atoms with Crippen molar-refractivity contribution < 1.29 is 4.79 Å². The summed E-state index contributed by atoms with van der Waals surface area (Å²) >= 11 is 5.97. The normalized spacial score (nSPS) is 11.0. The van der Waals surface area contributed by atoms with Gasteiger partial charge in [-0.05, 0) is 13.8 Å². The third kappa shape index (κ3) is 2.15. The second-order valence-electron chi connectivity index (χ2n) is 3.76. The molecule has 0 spiro atoms. The number of carbonyl (C=O) groups is 1. The molecule has 1 aromatic rings. The molecule has 0 amide bonds. The summed E-state index contributed by atoms with van der Waals surface area (Å²) in [6, 6.07) is 0. The first-order valence-electron chi connectivity index (χ1n) is 4.65. The van der Waals surface area contributed by atoms with Crippen molar-refractivity contribution in [3.63, 3.8) is 0 Å². The van der Waals surface area contributed by atoms with Gasteiger partial charge in [0.2, 0.25) is 0 Å². The SMILES string of the molecule is Cc1nn(CC(=O)C(C)C)c(C)c1Cl. The van der Waals surface area contributed by atoms with Gasteiger partial charge in [-0.2, -0.15) is 5.10 Å². The summed E-state index contributed by atoms with van der Waals surface area (Å²) in [5, 5.41) is 4.85. The Bertz CT molecular complexity index is 355. The fourth-order valence-corrected chi connectivity index (χ4v) is 1.29. The van der Waals surface area contributed by atoms with Gasteiger partial charge in [0.25, 0.3) is 0 Å². The summed E-state index contributed by atoms with van der Waals surface area (Å²) in [5.74, 6) is 0.213. The number of Topliss-reactive ketones (excluding diaryl/α,β-unsaturated/α-hetero) is 1. The minimum Gasteiger partial charge on any atom is -0.297 e. The van der Waals surface area contributed by atoms with E-state index in [1.807, 2.05) is 27.7 Å². The van der Waals surface area contributed by atoms with Crippen LogP contribution in [0.5, 0.6) is 0 Å². The largest absolute Gasteiger partial charge is 0.297 e. The van der Waals surface area contributed by atoms with Crippen molar-refractivity contribution in [2.45, 2.75) is 34.2 Å². The minimum absolute atomic E-state index is 0.0395. The zero-order valence-corrected chi connectivity index (χ0v) is 9.72. The Morgan fingerprint density at radius 2 is 2.07 bits per heavy atom. The van der Waals surface area contributed by atoms with Crippen LogP contribution in [0.15, 0.2) is 0 Å². The number of nitrogens with zero attached hydrogens (tertiary/aromatic N) is 2. The lowest BCUT2D eigenvalue weighted by atomic mass is 10.1. The topological polar surface area (TPSA) is 34.9 Å². The Labute approximate surface area is 89.1 Å². The van der Waals surface area contributed by atoms with Crippen LogP contribution < -0.4 is 0 Å². The van der Waals surface area contributed by atoms with Crippen LogP contribution in [0.4, 0.5) is 0 Å². The van der Waals surface area contributed by atoms with Gasteiger partial charge in [-0.1, -0.05) is 25.4 Å². The van der Waals surface area contributed by atoms with Crippen LogP contribution in [0.1, 0.15) is 25.2 Å². The van der Waals surface area contributed by atoms with E-state index in [4.69, 9.17) is 11.6 Å². The van der Waals surface area contributed by atoms with Crippen molar-refractivity contribution in [1.82, 2.24) is 9.78 Å². The smallest absolute Gasteiger partial charge is 0.156 e. The van der Waals surface area contributed by atoms with Crippen LogP contribution >= 0.6 is 11.6 Å². The second-order valence-corrected chi connectivity index (χ2v) is 4.14. The van der Waals surface area contributed by atoms with Gasteiger partial charge in [-0.15, -0.1) is 0 Å². The van der Waals surface area contributed by atoms with E-state index in [2.05, 4.69) is 5.10 Å². The lowest BCUT2D eigenvalue weighted by Gasteiger charge is -2.05. The first-order valence-corrected chi connectivity index (χ1v) is 5.03. The van der Waals surface area contributed by atoms with E-state index >= 15 is 0 Å². The average molecular weight is 215 g/mol. The monoisotopic (exact) mass is 214 g/mol. The van der Waals surface area contributed by atoms with Crippen LogP contribution in [-0.4, -0.2) is 15.6 Å². The van der Waals surface area contributed by atoms with Crippen molar-refractivity contribution in [2.75, 3.05) is 0 Å². The van der Waals surface area contributed by atoms with E-state index in [0.29, 0.717) is 11.6 Å². The predicted octanol–water partition coefficient (Wildman–Crippen LogP) is 2.38. The van der Waals surface area contributed by atoms with E-state index in [0.717, 1.165) is 11.4 Å². The van der Waals surface area contributed by atoms with Crippen molar-refractivity contribution in [3.8, 4) is 0 Å². The van der Waals surface area contributed by atoms with Gasteiger partial charge in [-0.25, -0.2) is 0 Å². The van der Waals surface area contributed by atoms with Crippen LogP contribution in [-0.2, 0) is 11.3 Å². The Morgan fingerprint density at radius 1 is 1.50 bits per heavy atom. The molecule has 0 atom stereocenters. The minimum atomic E-state index is 0.0395. The lowest BCUT2D eigenvalue weighted by Crippen LogP contribution is -2.17. The van der Waals surface area contributed by atoms with E-state index in [9.17, 15) is 4.79 Å². The standard InChI is InChI=1S/C10H15ClN2O/c1-6(2)9(14)5-13-8(4)10(11)7(3)12-13/h6H,5H2,1-4H3. The molecular formula is C10H15ClN2O. The molecule has 4 heteroatoms. The summed E-state index contributed by atoms with van der Waals surface area (Å²) in [7, 11) is 0. The highest BCUT2D eigenvalue weighted by Crippen LogP contribution is 2.18. The van der Waals surface area contributed by atoms with Gasteiger partial charge in [0.05, 0.1) is 16.4 Å². The lowest BCUT2D eigenvalue weighted by molar-refractivity contribution is -0.122. The number of hydrogen-bond donors (Lipinski definition) is 0. The molecule has 0 saturated heterocycles. The highest BCUT2D eigenvalue weighted by Gasteiger charge is 2.13. The second kappa shape index (κ2) is 4.13. The number of ketones is 1. The zero-order valence-electron chi connectivity index (χ0n) is 8.97. The molecule has 0 aliphatic carbocycles. The molecule has 14 heavy (non-hydrogen) atoms. The Hall–Kier alpha value is -0.830. The zero-order chi connectivity index (χ0) is 10.9. The molecule has 0 aromatic carbocycles. The molecule has 1 heterocycles. The molecular weight excluding hydrogens is 200 g/mol. The van der Waals surface area contributed by atoms with Gasteiger partial charge in [0.15, 0.2) is 5.78 Å². The molecule has 1 aromatic heterocycles. The highest BCUT2D eigenvalue weighted by atomic mass is 35.5. The van der Waals surface area contributed by atoms with Crippen LogP contribution in [0.2, 0.25) is 5.02 Å². The van der Waals surface area contributed by atoms with Crippen molar-refractivity contribution >= 4 is 17.4 Å². The summed E-state index contributed by atoms with van der Waals surface area (Å²) in [6.07, 6.45) is 0. The summed E-state index contributed by atoms with van der Waals surface area (Å²) in [5.41, 5.74) is 1.64. The summed E-state index contributed by atoms with van der Waals surface area (Å²) in [4.78, 5) is 11.5. The number of halogens is 1.